The van der Waals surface area contributed by atoms with Gasteiger partial charge in [0.1, 0.15) is 0 Å². The van der Waals surface area contributed by atoms with Crippen molar-refractivity contribution < 1.29 is 4.79 Å². The minimum atomic E-state index is -0.398. The number of nitrogens with two attached hydrogens (primary N) is 1. The van der Waals surface area contributed by atoms with Crippen LogP contribution in [0.1, 0.15) is 35.3 Å². The molecule has 0 aliphatic heterocycles. The number of hydrogen-bond donors (Lipinski definition) is 1. The fourth-order valence-corrected chi connectivity index (χ4v) is 2.14. The first-order valence-corrected chi connectivity index (χ1v) is 6.41. The van der Waals surface area contributed by atoms with E-state index >= 15 is 0 Å². The molecule has 4 nitrogen and oxygen atoms in total. The molecule has 0 unspecified atom stereocenters. The Kier molecular flexibility index (Phi) is 3.69. The summed E-state index contributed by atoms with van der Waals surface area (Å²) in [5, 5.41) is 4.36. The first kappa shape index (κ1) is 13.3. The van der Waals surface area contributed by atoms with E-state index in [9.17, 15) is 4.79 Å². The van der Waals surface area contributed by atoms with Gasteiger partial charge in [0.15, 0.2) is 0 Å². The maximum Gasteiger partial charge on any atom is 0.248 e. The predicted octanol–water partition coefficient (Wildman–Crippen LogP) is 2.48. The number of carbonyl (C=O) groups is 1. The number of carbonyl (C=O) groups excluding carboxylic acids is 1. The van der Waals surface area contributed by atoms with Gasteiger partial charge in [0, 0.05) is 11.8 Å². The van der Waals surface area contributed by atoms with Gasteiger partial charge in [0.25, 0.3) is 0 Å². The first-order valence-electron chi connectivity index (χ1n) is 6.41. The van der Waals surface area contributed by atoms with Gasteiger partial charge in [-0.15, -0.1) is 0 Å². The highest BCUT2D eigenvalue weighted by atomic mass is 16.1. The molecule has 0 spiro atoms. The largest absolute Gasteiger partial charge is 0.366 e. The zero-order valence-electron chi connectivity index (χ0n) is 11.6. The molecule has 0 saturated heterocycles. The van der Waals surface area contributed by atoms with Crippen molar-refractivity contribution in [2.75, 3.05) is 0 Å². The molecule has 0 saturated carbocycles. The number of amides is 1. The Balaban J connectivity index is 2.29. The highest BCUT2D eigenvalue weighted by Crippen LogP contribution is 2.15. The van der Waals surface area contributed by atoms with E-state index in [1.165, 1.54) is 5.56 Å². The van der Waals surface area contributed by atoms with Crippen molar-refractivity contribution in [3.63, 3.8) is 0 Å². The number of aromatic nitrogens is 2. The normalized spacial score (nSPS) is 10.9. The molecule has 100 valence electrons. The lowest BCUT2D eigenvalue weighted by molar-refractivity contribution is 0.0999. The van der Waals surface area contributed by atoms with Gasteiger partial charge < -0.3 is 5.73 Å². The zero-order chi connectivity index (χ0) is 14.0. The highest BCUT2D eigenvalue weighted by molar-refractivity contribution is 5.94. The van der Waals surface area contributed by atoms with Gasteiger partial charge in [-0.05, 0) is 48.6 Å². The average molecular weight is 257 g/mol. The van der Waals surface area contributed by atoms with Crippen LogP contribution in [0, 0.1) is 12.8 Å². The van der Waals surface area contributed by atoms with E-state index in [0.29, 0.717) is 11.5 Å². The van der Waals surface area contributed by atoms with Gasteiger partial charge in [0.2, 0.25) is 5.91 Å². The smallest absolute Gasteiger partial charge is 0.248 e. The van der Waals surface area contributed by atoms with Crippen molar-refractivity contribution in [3.8, 4) is 5.69 Å². The third-order valence-electron chi connectivity index (χ3n) is 3.02. The molecule has 1 aromatic carbocycles. The van der Waals surface area contributed by atoms with Crippen molar-refractivity contribution in [2.24, 2.45) is 11.7 Å². The maximum atomic E-state index is 11.2. The van der Waals surface area contributed by atoms with E-state index in [1.807, 2.05) is 36.1 Å². The summed E-state index contributed by atoms with van der Waals surface area (Å²) < 4.78 is 1.83. The number of hydrogen-bond acceptors (Lipinski definition) is 2. The Hall–Kier alpha value is -2.10. The van der Waals surface area contributed by atoms with Crippen LogP contribution < -0.4 is 5.73 Å². The molecule has 0 atom stereocenters. The molecule has 2 aromatic rings. The van der Waals surface area contributed by atoms with Crippen molar-refractivity contribution in [1.29, 1.82) is 0 Å². The van der Waals surface area contributed by atoms with E-state index in [-0.39, 0.29) is 0 Å². The van der Waals surface area contributed by atoms with Crippen LogP contribution in [-0.2, 0) is 6.42 Å². The molecule has 2 rings (SSSR count). The summed E-state index contributed by atoms with van der Waals surface area (Å²) >= 11 is 0. The van der Waals surface area contributed by atoms with E-state index in [0.717, 1.165) is 17.7 Å². The molecule has 2 N–H and O–H groups in total. The fraction of sp³-hybridized carbons (Fsp3) is 0.333. The summed E-state index contributed by atoms with van der Waals surface area (Å²) in [6.07, 6.45) is 4.92. The van der Waals surface area contributed by atoms with Gasteiger partial charge in [-0.2, -0.15) is 5.10 Å². The molecule has 19 heavy (non-hydrogen) atoms. The van der Waals surface area contributed by atoms with Crippen molar-refractivity contribution in [1.82, 2.24) is 9.78 Å². The number of aryl methyl sites for hydroxylation is 1. The topological polar surface area (TPSA) is 60.9 Å². The van der Waals surface area contributed by atoms with Gasteiger partial charge in [-0.25, -0.2) is 4.68 Å². The van der Waals surface area contributed by atoms with Crippen LogP contribution in [0.2, 0.25) is 0 Å². The highest BCUT2D eigenvalue weighted by Gasteiger charge is 2.08. The second-order valence-corrected chi connectivity index (χ2v) is 5.25. The van der Waals surface area contributed by atoms with E-state index in [2.05, 4.69) is 18.9 Å². The molecule has 0 bridgehead atoms. The summed E-state index contributed by atoms with van der Waals surface area (Å²) in [6, 6.07) is 5.53. The average Bonchev–Trinajstić information content (AvgIpc) is 2.75. The van der Waals surface area contributed by atoms with Crippen LogP contribution in [0.15, 0.2) is 30.6 Å². The number of benzene rings is 1. The second-order valence-electron chi connectivity index (χ2n) is 5.25. The minimum Gasteiger partial charge on any atom is -0.366 e. The Morgan fingerprint density at radius 2 is 2.16 bits per heavy atom. The predicted molar refractivity (Wildman–Crippen MR) is 75.4 cm³/mol. The maximum absolute atomic E-state index is 11.2. The van der Waals surface area contributed by atoms with Crippen molar-refractivity contribution in [3.05, 3.63) is 47.3 Å². The van der Waals surface area contributed by atoms with Crippen molar-refractivity contribution >= 4 is 5.91 Å². The third-order valence-corrected chi connectivity index (χ3v) is 3.02. The monoisotopic (exact) mass is 257 g/mol. The van der Waals surface area contributed by atoms with Crippen LogP contribution in [0.5, 0.6) is 0 Å². The Labute approximate surface area is 113 Å². The Bertz CT molecular complexity index is 599. The summed E-state index contributed by atoms with van der Waals surface area (Å²) in [7, 11) is 0. The first-order chi connectivity index (χ1) is 8.97. The number of rotatable bonds is 4. The lowest BCUT2D eigenvalue weighted by Crippen LogP contribution is -2.12. The van der Waals surface area contributed by atoms with Crippen LogP contribution >= 0.6 is 0 Å². The lowest BCUT2D eigenvalue weighted by atomic mass is 10.1. The molecule has 1 heterocycles. The van der Waals surface area contributed by atoms with Crippen LogP contribution in [0.4, 0.5) is 0 Å². The zero-order valence-corrected chi connectivity index (χ0v) is 11.6. The van der Waals surface area contributed by atoms with E-state index < -0.39 is 5.91 Å². The number of nitrogens with zero attached hydrogens (tertiary/aromatic N) is 2. The Morgan fingerprint density at radius 3 is 2.74 bits per heavy atom. The van der Waals surface area contributed by atoms with Crippen LogP contribution in [0.25, 0.3) is 5.69 Å². The summed E-state index contributed by atoms with van der Waals surface area (Å²) in [5.74, 6) is 0.210. The lowest BCUT2D eigenvalue weighted by Gasteiger charge is -2.06. The van der Waals surface area contributed by atoms with E-state index in [1.54, 1.807) is 6.07 Å². The minimum absolute atomic E-state index is 0.398. The Morgan fingerprint density at radius 1 is 1.42 bits per heavy atom. The molecular weight excluding hydrogens is 238 g/mol. The summed E-state index contributed by atoms with van der Waals surface area (Å²) in [5.41, 5.74) is 8.88. The van der Waals surface area contributed by atoms with Gasteiger partial charge in [0.05, 0.1) is 11.9 Å². The van der Waals surface area contributed by atoms with Gasteiger partial charge in [-0.1, -0.05) is 13.8 Å². The number of primary amides is 1. The quantitative estimate of drug-likeness (QED) is 0.914. The third kappa shape index (κ3) is 3.02. The molecule has 1 amide bonds. The fourth-order valence-electron chi connectivity index (χ4n) is 2.14. The summed E-state index contributed by atoms with van der Waals surface area (Å²) in [4.78, 5) is 11.2. The standard InChI is InChI=1S/C15H19N3O/c1-10(2)6-12-8-17-18(9-12)13-4-5-14(15(16)19)11(3)7-13/h4-5,7-10H,6H2,1-3H3,(H2,16,19). The van der Waals surface area contributed by atoms with Gasteiger partial charge >= 0.3 is 0 Å². The second kappa shape index (κ2) is 5.26. The summed E-state index contributed by atoms with van der Waals surface area (Å²) in [6.45, 7) is 6.24. The molecular formula is C15H19N3O. The molecule has 1 aromatic heterocycles. The van der Waals surface area contributed by atoms with Crippen LogP contribution in [-0.4, -0.2) is 15.7 Å². The van der Waals surface area contributed by atoms with Crippen LogP contribution in [0.3, 0.4) is 0 Å². The van der Waals surface area contributed by atoms with E-state index in [4.69, 9.17) is 5.73 Å². The molecule has 4 heteroatoms. The SMILES string of the molecule is Cc1cc(-n2cc(CC(C)C)cn2)ccc1C(N)=O. The molecule has 0 radical (unpaired) electrons. The van der Waals surface area contributed by atoms with Crippen molar-refractivity contribution in [2.45, 2.75) is 27.2 Å². The molecule has 0 aliphatic rings. The van der Waals surface area contributed by atoms with Gasteiger partial charge in [-0.3, -0.25) is 4.79 Å². The molecule has 0 fully saturated rings. The molecule has 0 aliphatic carbocycles.